The maximum atomic E-state index is 11.3. The third-order valence-electron chi connectivity index (χ3n) is 2.57. The van der Waals surface area contributed by atoms with Gasteiger partial charge in [0.1, 0.15) is 6.07 Å². The first-order valence-electron chi connectivity index (χ1n) is 6.29. The summed E-state index contributed by atoms with van der Waals surface area (Å²) in [7, 11) is 0. The average molecular weight is 258 g/mol. The van der Waals surface area contributed by atoms with Gasteiger partial charge in [-0.3, -0.25) is 9.79 Å². The minimum Gasteiger partial charge on any atom is -0.447 e. The fourth-order valence-corrected chi connectivity index (χ4v) is 1.52. The Morgan fingerprint density at radius 3 is 2.74 bits per heavy atom. The Kier molecular flexibility index (Phi) is 6.31. The van der Waals surface area contributed by atoms with Gasteiger partial charge in [0.05, 0.1) is 0 Å². The van der Waals surface area contributed by atoms with E-state index in [0.29, 0.717) is 13.0 Å². The van der Waals surface area contributed by atoms with Crippen LogP contribution in [-0.4, -0.2) is 24.3 Å². The lowest BCUT2D eigenvalue weighted by molar-refractivity contribution is -0.145. The van der Waals surface area contributed by atoms with Gasteiger partial charge in [0.15, 0.2) is 6.10 Å². The number of carbonyl (C=O) groups is 1. The summed E-state index contributed by atoms with van der Waals surface area (Å²) in [5, 5.41) is 8.51. The maximum Gasteiger partial charge on any atom is 0.307 e. The van der Waals surface area contributed by atoms with E-state index in [2.05, 4.69) is 4.99 Å². The summed E-state index contributed by atoms with van der Waals surface area (Å²) in [5.41, 5.74) is 2.04. The van der Waals surface area contributed by atoms with Crippen molar-refractivity contribution in [3.05, 3.63) is 35.9 Å². The van der Waals surface area contributed by atoms with Crippen LogP contribution in [0.15, 0.2) is 35.3 Å². The molecule has 0 N–H and O–H groups in total. The van der Waals surface area contributed by atoms with E-state index < -0.39 is 6.10 Å². The molecule has 0 aliphatic rings. The molecule has 1 rings (SSSR count). The first-order chi connectivity index (χ1) is 9.13. The molecule has 0 radical (unpaired) electrons. The number of hydrogen-bond acceptors (Lipinski definition) is 4. The highest BCUT2D eigenvalue weighted by atomic mass is 16.5. The van der Waals surface area contributed by atoms with Gasteiger partial charge in [0, 0.05) is 18.7 Å². The van der Waals surface area contributed by atoms with E-state index in [1.807, 2.05) is 43.3 Å². The van der Waals surface area contributed by atoms with Crippen molar-refractivity contribution < 1.29 is 9.53 Å². The van der Waals surface area contributed by atoms with Crippen molar-refractivity contribution >= 4 is 11.7 Å². The van der Waals surface area contributed by atoms with Gasteiger partial charge in [-0.25, -0.2) is 0 Å². The number of carbonyl (C=O) groups excluding carboxylic acids is 1. The van der Waals surface area contributed by atoms with E-state index in [0.717, 1.165) is 11.3 Å². The van der Waals surface area contributed by atoms with Crippen LogP contribution in [0, 0.1) is 11.3 Å². The van der Waals surface area contributed by atoms with Gasteiger partial charge in [-0.15, -0.1) is 0 Å². The smallest absolute Gasteiger partial charge is 0.307 e. The predicted molar refractivity (Wildman–Crippen MR) is 73.9 cm³/mol. The van der Waals surface area contributed by atoms with Gasteiger partial charge in [-0.2, -0.15) is 5.26 Å². The number of nitrogens with zero attached hydrogens (tertiary/aromatic N) is 2. The lowest BCUT2D eigenvalue weighted by Crippen LogP contribution is -2.12. The van der Waals surface area contributed by atoms with Crippen LogP contribution in [0.1, 0.15) is 32.3 Å². The Bertz CT molecular complexity index is 475. The van der Waals surface area contributed by atoms with E-state index in [-0.39, 0.29) is 12.4 Å². The first kappa shape index (κ1) is 14.9. The van der Waals surface area contributed by atoms with Crippen LogP contribution in [0.5, 0.6) is 0 Å². The second-order valence-electron chi connectivity index (χ2n) is 4.20. The average Bonchev–Trinajstić information content (AvgIpc) is 2.44. The molecule has 0 heterocycles. The summed E-state index contributed by atoms with van der Waals surface area (Å²) in [5.74, 6) is -0.346. The molecule has 0 aliphatic carbocycles. The van der Waals surface area contributed by atoms with E-state index in [9.17, 15) is 4.79 Å². The van der Waals surface area contributed by atoms with Crippen LogP contribution in [0.4, 0.5) is 0 Å². The molecular weight excluding hydrogens is 240 g/mol. The summed E-state index contributed by atoms with van der Waals surface area (Å²) >= 11 is 0. The van der Waals surface area contributed by atoms with Crippen molar-refractivity contribution in [3.63, 3.8) is 0 Å². The Morgan fingerprint density at radius 2 is 2.11 bits per heavy atom. The lowest BCUT2D eigenvalue weighted by Gasteiger charge is -2.05. The van der Waals surface area contributed by atoms with Crippen LogP contribution in [0.25, 0.3) is 0 Å². The minimum absolute atomic E-state index is 0.289. The summed E-state index contributed by atoms with van der Waals surface area (Å²) < 4.78 is 4.84. The molecule has 1 aromatic rings. The molecule has 4 heteroatoms. The normalized spacial score (nSPS) is 12.6. The third kappa shape index (κ3) is 5.82. The molecule has 0 fully saturated rings. The highest BCUT2D eigenvalue weighted by molar-refractivity contribution is 5.98. The lowest BCUT2D eigenvalue weighted by atomic mass is 10.1. The molecule has 0 bridgehead atoms. The summed E-state index contributed by atoms with van der Waals surface area (Å²) in [6, 6.07) is 11.8. The number of ether oxygens (including phenoxy) is 1. The van der Waals surface area contributed by atoms with E-state index in [4.69, 9.17) is 10.00 Å². The van der Waals surface area contributed by atoms with Gasteiger partial charge < -0.3 is 4.74 Å². The van der Waals surface area contributed by atoms with Crippen molar-refractivity contribution in [1.82, 2.24) is 0 Å². The molecule has 19 heavy (non-hydrogen) atoms. The fraction of sp³-hybridized carbons (Fsp3) is 0.400. The zero-order chi connectivity index (χ0) is 14.1. The quantitative estimate of drug-likeness (QED) is 0.448. The number of hydrogen-bond donors (Lipinski definition) is 0. The Balaban J connectivity index is 2.31. The van der Waals surface area contributed by atoms with Gasteiger partial charge in [0.2, 0.25) is 0 Å². The van der Waals surface area contributed by atoms with Crippen molar-refractivity contribution in [2.24, 2.45) is 4.99 Å². The summed E-state index contributed by atoms with van der Waals surface area (Å²) in [6.45, 7) is 4.08. The minimum atomic E-state index is -0.679. The first-order valence-corrected chi connectivity index (χ1v) is 6.29. The van der Waals surface area contributed by atoms with Crippen LogP contribution < -0.4 is 0 Å². The molecule has 4 nitrogen and oxygen atoms in total. The standard InChI is InChI=1S/C15H18N2O2/c1-12(11-16)19-15(18)9-6-10-17-13(2)14-7-4-3-5-8-14/h3-5,7-8,12H,6,9-10H2,1-2H3. The molecular formula is C15H18N2O2. The Hall–Kier alpha value is -2.15. The highest BCUT2D eigenvalue weighted by Crippen LogP contribution is 2.02. The van der Waals surface area contributed by atoms with Crippen molar-refractivity contribution in [3.8, 4) is 6.07 Å². The molecule has 0 amide bonds. The van der Waals surface area contributed by atoms with E-state index in [1.165, 1.54) is 0 Å². The molecule has 1 unspecified atom stereocenters. The molecule has 0 spiro atoms. The predicted octanol–water partition coefficient (Wildman–Crippen LogP) is 2.73. The second-order valence-corrected chi connectivity index (χ2v) is 4.20. The summed E-state index contributed by atoms with van der Waals surface area (Å²) in [4.78, 5) is 15.7. The topological polar surface area (TPSA) is 62.4 Å². The Labute approximate surface area is 113 Å². The highest BCUT2D eigenvalue weighted by Gasteiger charge is 2.07. The van der Waals surface area contributed by atoms with Crippen LogP contribution in [0.3, 0.4) is 0 Å². The molecule has 0 aliphatic heterocycles. The molecule has 100 valence electrons. The molecule has 1 atom stereocenters. The van der Waals surface area contributed by atoms with Gasteiger partial charge in [0.25, 0.3) is 0 Å². The molecule has 1 aromatic carbocycles. The number of aliphatic imine (C=N–C) groups is 1. The van der Waals surface area contributed by atoms with Crippen molar-refractivity contribution in [1.29, 1.82) is 5.26 Å². The zero-order valence-corrected chi connectivity index (χ0v) is 11.3. The SMILES string of the molecule is CC(=NCCCC(=O)OC(C)C#N)c1ccccc1. The largest absolute Gasteiger partial charge is 0.447 e. The maximum absolute atomic E-state index is 11.3. The number of esters is 1. The van der Waals surface area contributed by atoms with Crippen LogP contribution in [0.2, 0.25) is 0 Å². The Morgan fingerprint density at radius 1 is 1.42 bits per heavy atom. The van der Waals surface area contributed by atoms with Crippen molar-refractivity contribution in [2.75, 3.05) is 6.54 Å². The molecule has 0 saturated carbocycles. The molecule has 0 saturated heterocycles. The third-order valence-corrected chi connectivity index (χ3v) is 2.57. The summed E-state index contributed by atoms with van der Waals surface area (Å²) in [6.07, 6.45) is 0.237. The number of benzene rings is 1. The number of rotatable bonds is 6. The van der Waals surface area contributed by atoms with Gasteiger partial charge in [-0.1, -0.05) is 30.3 Å². The van der Waals surface area contributed by atoms with Crippen molar-refractivity contribution in [2.45, 2.75) is 32.8 Å². The van der Waals surface area contributed by atoms with E-state index in [1.54, 1.807) is 6.92 Å². The fourth-order valence-electron chi connectivity index (χ4n) is 1.52. The van der Waals surface area contributed by atoms with Crippen LogP contribution >= 0.6 is 0 Å². The van der Waals surface area contributed by atoms with Crippen LogP contribution in [-0.2, 0) is 9.53 Å². The second kappa shape index (κ2) is 8.04. The molecule has 0 aromatic heterocycles. The number of nitriles is 1. The van der Waals surface area contributed by atoms with E-state index >= 15 is 0 Å². The zero-order valence-electron chi connectivity index (χ0n) is 11.3. The monoisotopic (exact) mass is 258 g/mol. The van der Waals surface area contributed by atoms with Gasteiger partial charge in [-0.05, 0) is 25.8 Å². The van der Waals surface area contributed by atoms with Gasteiger partial charge >= 0.3 is 5.97 Å².